The van der Waals surface area contributed by atoms with Gasteiger partial charge in [0.2, 0.25) is 6.19 Å². The Hall–Kier alpha value is -1.89. The zero-order valence-electron chi connectivity index (χ0n) is 6.52. The van der Waals surface area contributed by atoms with Crippen LogP contribution in [0.3, 0.4) is 0 Å². The monoisotopic (exact) mass is 158 g/mol. The third-order valence-corrected chi connectivity index (χ3v) is 1.64. The van der Waals surface area contributed by atoms with Crippen molar-refractivity contribution in [2.75, 3.05) is 0 Å². The van der Waals surface area contributed by atoms with Crippen molar-refractivity contribution in [3.05, 3.63) is 24.0 Å². The molecule has 58 valence electrons. The number of rotatable bonds is 0. The lowest BCUT2D eigenvalue weighted by atomic mass is 10.3. The van der Waals surface area contributed by atoms with E-state index in [0.717, 1.165) is 10.9 Å². The molecule has 0 saturated carbocycles. The molecule has 4 nitrogen and oxygen atoms in total. The van der Waals surface area contributed by atoms with Crippen molar-refractivity contribution in [1.82, 2.24) is 14.8 Å². The Kier molecular flexibility index (Phi) is 1.31. The molecular formula is C8H6N4. The van der Waals surface area contributed by atoms with E-state index in [-0.39, 0.29) is 0 Å². The molecule has 0 amide bonds. The highest BCUT2D eigenvalue weighted by Crippen LogP contribution is 2.10. The second-order valence-corrected chi connectivity index (χ2v) is 2.58. The van der Waals surface area contributed by atoms with Crippen LogP contribution in [-0.2, 0) is 0 Å². The molecule has 0 fully saturated rings. The van der Waals surface area contributed by atoms with E-state index in [0.29, 0.717) is 5.65 Å². The van der Waals surface area contributed by atoms with Gasteiger partial charge < -0.3 is 0 Å². The van der Waals surface area contributed by atoms with Crippen molar-refractivity contribution in [3.63, 3.8) is 0 Å². The van der Waals surface area contributed by atoms with Crippen molar-refractivity contribution < 1.29 is 0 Å². The molecule has 0 radical (unpaired) electrons. The molecule has 0 atom stereocenters. The highest BCUT2D eigenvalue weighted by molar-refractivity contribution is 5.75. The fraction of sp³-hybridized carbons (Fsp3) is 0.125. The number of hydrogen-bond donors (Lipinski definition) is 0. The van der Waals surface area contributed by atoms with E-state index in [1.807, 2.05) is 19.2 Å². The molecule has 0 saturated heterocycles. The summed E-state index contributed by atoms with van der Waals surface area (Å²) in [7, 11) is 0. The van der Waals surface area contributed by atoms with Crippen LogP contribution in [0.2, 0.25) is 0 Å². The highest BCUT2D eigenvalue weighted by Gasteiger charge is 2.01. The molecule has 2 rings (SSSR count). The Balaban J connectivity index is 2.84. The molecule has 2 aromatic rings. The number of nitrogens with zero attached hydrogens (tertiary/aromatic N) is 4. The minimum atomic E-state index is 0.614. The average molecular weight is 158 g/mol. The SMILES string of the molecule is Cc1cnc2c(cnn2C#N)c1. The molecule has 2 heterocycles. The van der Waals surface area contributed by atoms with Crippen molar-refractivity contribution in [1.29, 1.82) is 5.26 Å². The summed E-state index contributed by atoms with van der Waals surface area (Å²) in [6, 6.07) is 1.95. The second-order valence-electron chi connectivity index (χ2n) is 2.58. The summed E-state index contributed by atoms with van der Waals surface area (Å²) in [5.74, 6) is 0. The van der Waals surface area contributed by atoms with Gasteiger partial charge in [-0.05, 0) is 18.6 Å². The summed E-state index contributed by atoms with van der Waals surface area (Å²) in [4.78, 5) is 4.09. The van der Waals surface area contributed by atoms with Crippen LogP contribution < -0.4 is 0 Å². The molecule has 0 aliphatic heterocycles. The van der Waals surface area contributed by atoms with E-state index in [2.05, 4.69) is 10.1 Å². The summed E-state index contributed by atoms with van der Waals surface area (Å²) in [5, 5.41) is 13.4. The molecule has 0 spiro atoms. The van der Waals surface area contributed by atoms with Crippen LogP contribution in [0.5, 0.6) is 0 Å². The lowest BCUT2D eigenvalue weighted by molar-refractivity contribution is 0.913. The fourth-order valence-electron chi connectivity index (χ4n) is 1.10. The molecule has 0 aromatic carbocycles. The quantitative estimate of drug-likeness (QED) is 0.576. The van der Waals surface area contributed by atoms with E-state index in [1.54, 1.807) is 12.4 Å². The second kappa shape index (κ2) is 2.31. The maximum absolute atomic E-state index is 8.60. The first-order valence-electron chi connectivity index (χ1n) is 3.52. The van der Waals surface area contributed by atoms with Gasteiger partial charge in [0.25, 0.3) is 0 Å². The van der Waals surface area contributed by atoms with Gasteiger partial charge in [-0.3, -0.25) is 0 Å². The maximum atomic E-state index is 8.60. The van der Waals surface area contributed by atoms with E-state index < -0.39 is 0 Å². The standard InChI is InChI=1S/C8H6N4/c1-6-2-7-4-11-12(5-9)8(7)10-3-6/h2-4H,1H3. The van der Waals surface area contributed by atoms with Gasteiger partial charge in [0, 0.05) is 11.6 Å². The molecule has 12 heavy (non-hydrogen) atoms. The third kappa shape index (κ3) is 0.839. The fourth-order valence-corrected chi connectivity index (χ4v) is 1.10. The maximum Gasteiger partial charge on any atom is 0.208 e. The lowest BCUT2D eigenvalue weighted by Crippen LogP contribution is -1.91. The van der Waals surface area contributed by atoms with Crippen LogP contribution >= 0.6 is 0 Å². The van der Waals surface area contributed by atoms with Crippen LogP contribution in [0.15, 0.2) is 18.5 Å². The van der Waals surface area contributed by atoms with E-state index in [1.165, 1.54) is 4.68 Å². The van der Waals surface area contributed by atoms with Crippen LogP contribution in [0, 0.1) is 18.4 Å². The molecule has 4 heteroatoms. The minimum Gasteiger partial charge on any atom is -0.236 e. The number of aryl methyl sites for hydroxylation is 1. The molecule has 0 aliphatic carbocycles. The van der Waals surface area contributed by atoms with E-state index in [4.69, 9.17) is 5.26 Å². The van der Waals surface area contributed by atoms with Gasteiger partial charge in [-0.15, -0.1) is 4.68 Å². The van der Waals surface area contributed by atoms with Gasteiger partial charge in [0.15, 0.2) is 5.65 Å². The predicted molar refractivity (Wildman–Crippen MR) is 43.3 cm³/mol. The van der Waals surface area contributed by atoms with Crippen molar-refractivity contribution in [2.24, 2.45) is 0 Å². The van der Waals surface area contributed by atoms with Gasteiger partial charge >= 0.3 is 0 Å². The third-order valence-electron chi connectivity index (χ3n) is 1.64. The van der Waals surface area contributed by atoms with Crippen molar-refractivity contribution >= 4 is 11.0 Å². The Bertz CT molecular complexity index is 463. The van der Waals surface area contributed by atoms with Crippen LogP contribution in [-0.4, -0.2) is 14.8 Å². The van der Waals surface area contributed by atoms with Crippen LogP contribution in [0.4, 0.5) is 0 Å². The van der Waals surface area contributed by atoms with Gasteiger partial charge in [-0.2, -0.15) is 10.4 Å². The first-order chi connectivity index (χ1) is 5.81. The largest absolute Gasteiger partial charge is 0.236 e. The summed E-state index contributed by atoms with van der Waals surface area (Å²) < 4.78 is 1.20. The van der Waals surface area contributed by atoms with Gasteiger partial charge in [0.05, 0.1) is 6.20 Å². The van der Waals surface area contributed by atoms with E-state index >= 15 is 0 Å². The Morgan fingerprint density at radius 3 is 3.08 bits per heavy atom. The number of nitriles is 1. The molecule has 0 N–H and O–H groups in total. The van der Waals surface area contributed by atoms with Crippen molar-refractivity contribution in [2.45, 2.75) is 6.92 Å². The zero-order chi connectivity index (χ0) is 8.55. The van der Waals surface area contributed by atoms with Crippen LogP contribution in [0.1, 0.15) is 5.56 Å². The number of fused-ring (bicyclic) bond motifs is 1. The van der Waals surface area contributed by atoms with Crippen molar-refractivity contribution in [3.8, 4) is 6.19 Å². The summed E-state index contributed by atoms with van der Waals surface area (Å²) in [6.07, 6.45) is 5.27. The lowest BCUT2D eigenvalue weighted by Gasteiger charge is -1.91. The average Bonchev–Trinajstić information content (AvgIpc) is 2.46. The summed E-state index contributed by atoms with van der Waals surface area (Å²) in [6.45, 7) is 1.95. The highest BCUT2D eigenvalue weighted by atomic mass is 15.3. The minimum absolute atomic E-state index is 0.614. The zero-order valence-corrected chi connectivity index (χ0v) is 6.52. The topological polar surface area (TPSA) is 54.5 Å². The number of pyridine rings is 1. The normalized spacial score (nSPS) is 10.0. The predicted octanol–water partition coefficient (Wildman–Crippen LogP) is 1.07. The Morgan fingerprint density at radius 2 is 2.33 bits per heavy atom. The van der Waals surface area contributed by atoms with E-state index in [9.17, 15) is 0 Å². The number of hydrogen-bond acceptors (Lipinski definition) is 3. The first-order valence-corrected chi connectivity index (χ1v) is 3.52. The van der Waals surface area contributed by atoms with Gasteiger partial charge in [-0.25, -0.2) is 4.98 Å². The Morgan fingerprint density at radius 1 is 1.50 bits per heavy atom. The smallest absolute Gasteiger partial charge is 0.208 e. The molecular weight excluding hydrogens is 152 g/mol. The van der Waals surface area contributed by atoms with Gasteiger partial charge in [0.1, 0.15) is 0 Å². The Labute approximate surface area is 69.1 Å². The molecule has 2 aromatic heterocycles. The molecule has 0 bridgehead atoms. The molecule has 0 unspecified atom stereocenters. The van der Waals surface area contributed by atoms with Crippen LogP contribution in [0.25, 0.3) is 11.0 Å². The van der Waals surface area contributed by atoms with Gasteiger partial charge in [-0.1, -0.05) is 0 Å². The molecule has 0 aliphatic rings. The summed E-state index contributed by atoms with van der Waals surface area (Å²) in [5.41, 5.74) is 1.68. The first kappa shape index (κ1) is 6.80. The number of aromatic nitrogens is 3. The summed E-state index contributed by atoms with van der Waals surface area (Å²) >= 11 is 0.